The molecule has 3 atom stereocenters. The molecule has 1 aromatic rings. The maximum absolute atomic E-state index is 13.7. The minimum Gasteiger partial charge on any atom is -0.447 e. The van der Waals surface area contributed by atoms with Crippen molar-refractivity contribution in [1.82, 2.24) is 4.90 Å². The average molecular weight is 392 g/mol. The van der Waals surface area contributed by atoms with Gasteiger partial charge >= 0.3 is 12.3 Å². The van der Waals surface area contributed by atoms with Crippen molar-refractivity contribution in [3.05, 3.63) is 45.8 Å². The third-order valence-corrected chi connectivity index (χ3v) is 4.01. The highest BCUT2D eigenvalue weighted by atomic mass is 19.4. The molecule has 2 amide bonds. The van der Waals surface area contributed by atoms with Gasteiger partial charge < -0.3 is 4.74 Å². The highest BCUT2D eigenvalue weighted by Gasteiger charge is 2.52. The second-order valence-electron chi connectivity index (χ2n) is 5.72. The Balaban J connectivity index is 2.56. The molecule has 2 rings (SSSR count). The van der Waals surface area contributed by atoms with E-state index in [2.05, 4.69) is 14.8 Å². The summed E-state index contributed by atoms with van der Waals surface area (Å²) in [7, 11) is 0. The number of imide groups is 1. The normalized spacial score (nSPS) is 19.3. The lowest BCUT2D eigenvalue weighted by molar-refractivity contribution is -0.163. The maximum Gasteiger partial charge on any atom is 0.416 e. The smallest absolute Gasteiger partial charge is 0.416 e. The van der Waals surface area contributed by atoms with Crippen molar-refractivity contribution >= 4 is 12.0 Å². The third kappa shape index (κ3) is 4.27. The molecule has 7 nitrogen and oxygen atoms in total. The van der Waals surface area contributed by atoms with Gasteiger partial charge in [0.05, 0.1) is 12.0 Å². The summed E-state index contributed by atoms with van der Waals surface area (Å²) in [6.07, 6.45) is -6.21. The van der Waals surface area contributed by atoms with Gasteiger partial charge in [-0.1, -0.05) is 12.0 Å². The van der Waals surface area contributed by atoms with E-state index in [1.807, 2.05) is 0 Å². The van der Waals surface area contributed by atoms with E-state index < -0.39 is 53.4 Å². The number of carbonyl (C=O) groups is 2. The van der Waals surface area contributed by atoms with Crippen LogP contribution in [0.3, 0.4) is 0 Å². The summed E-state index contributed by atoms with van der Waals surface area (Å²) in [5.41, 5.74) is 7.69. The highest BCUT2D eigenvalue weighted by Crippen LogP contribution is 2.40. The maximum atomic E-state index is 13.7. The van der Waals surface area contributed by atoms with E-state index in [4.69, 9.17) is 5.53 Å². The van der Waals surface area contributed by atoms with Crippen molar-refractivity contribution in [1.29, 1.82) is 0 Å². The molecule has 0 unspecified atom stereocenters. The van der Waals surface area contributed by atoms with Crippen molar-refractivity contribution in [3.63, 3.8) is 0 Å². The number of halogens is 5. The summed E-state index contributed by atoms with van der Waals surface area (Å²) < 4.78 is 72.5. The summed E-state index contributed by atoms with van der Waals surface area (Å²) in [4.78, 5) is 27.1. The predicted molar refractivity (Wildman–Crippen MR) is 80.4 cm³/mol. The van der Waals surface area contributed by atoms with Crippen LogP contribution in [0.15, 0.2) is 23.3 Å². The van der Waals surface area contributed by atoms with E-state index in [1.165, 1.54) is 0 Å². The predicted octanol–water partition coefficient (Wildman–Crippen LogP) is 4.05. The van der Waals surface area contributed by atoms with Crippen LogP contribution >= 0.6 is 0 Å². The molecule has 0 aliphatic carbocycles. The number of hydrogen-bond acceptors (Lipinski definition) is 4. The topological polar surface area (TPSA) is 95.4 Å². The molecule has 0 radical (unpaired) electrons. The molecule has 1 aliphatic rings. The fraction of sp³-hybridized carbons (Fsp3) is 0.467. The lowest BCUT2D eigenvalue weighted by atomic mass is 9.89. The average Bonchev–Trinajstić information content (AvgIpc) is 2.92. The largest absolute Gasteiger partial charge is 0.447 e. The van der Waals surface area contributed by atoms with Crippen LogP contribution < -0.4 is 0 Å². The van der Waals surface area contributed by atoms with Gasteiger partial charge in [0, 0.05) is 11.0 Å². The fourth-order valence-electron chi connectivity index (χ4n) is 2.79. The standard InChI is InChI=1S/C15H13F5N4O3/c1-2-10-6-27-14(26)24(10)13(25)12(22-23-21)11(15(18,19)20)7-3-8(16)5-9(17)4-7/h3-5,10-12H,2,6H2,1H3/t10-,11+,12-/m0/s1. The number of ether oxygens (including phenoxy) is 1. The first-order valence-corrected chi connectivity index (χ1v) is 7.66. The molecule has 1 fully saturated rings. The quantitative estimate of drug-likeness (QED) is 0.327. The van der Waals surface area contributed by atoms with Crippen molar-refractivity contribution < 1.29 is 36.3 Å². The third-order valence-electron chi connectivity index (χ3n) is 4.01. The molecule has 0 N–H and O–H groups in total. The van der Waals surface area contributed by atoms with Gasteiger partial charge in [0.2, 0.25) is 5.91 Å². The summed E-state index contributed by atoms with van der Waals surface area (Å²) in [6.45, 7) is 1.34. The molecule has 1 saturated heterocycles. The Kier molecular flexibility index (Phi) is 5.89. The molecule has 12 heteroatoms. The Morgan fingerprint density at radius 3 is 2.44 bits per heavy atom. The minimum absolute atomic E-state index is 0.186. The lowest BCUT2D eigenvalue weighted by Crippen LogP contribution is -2.48. The van der Waals surface area contributed by atoms with E-state index in [9.17, 15) is 31.5 Å². The van der Waals surface area contributed by atoms with Crippen LogP contribution in [-0.2, 0) is 9.53 Å². The van der Waals surface area contributed by atoms with Gasteiger partial charge in [0.25, 0.3) is 0 Å². The molecule has 27 heavy (non-hydrogen) atoms. The van der Waals surface area contributed by atoms with Crippen molar-refractivity contribution in [3.8, 4) is 0 Å². The molecule has 0 bridgehead atoms. The Morgan fingerprint density at radius 2 is 1.96 bits per heavy atom. The van der Waals surface area contributed by atoms with Gasteiger partial charge in [-0.25, -0.2) is 18.5 Å². The van der Waals surface area contributed by atoms with Crippen LogP contribution in [0.2, 0.25) is 0 Å². The van der Waals surface area contributed by atoms with Crippen LogP contribution in [-0.4, -0.2) is 41.8 Å². The van der Waals surface area contributed by atoms with E-state index in [1.54, 1.807) is 6.92 Å². The molecule has 1 aromatic carbocycles. The summed E-state index contributed by atoms with van der Waals surface area (Å²) in [6, 6.07) is -2.22. The number of alkyl halides is 3. The van der Waals surface area contributed by atoms with Crippen LogP contribution in [0.25, 0.3) is 10.4 Å². The molecule has 1 heterocycles. The molecule has 0 saturated carbocycles. The second kappa shape index (κ2) is 7.78. The number of hydrogen-bond donors (Lipinski definition) is 0. The van der Waals surface area contributed by atoms with E-state index >= 15 is 0 Å². The molecule has 146 valence electrons. The number of amides is 2. The Morgan fingerprint density at radius 1 is 1.37 bits per heavy atom. The zero-order chi connectivity index (χ0) is 20.4. The van der Waals surface area contributed by atoms with E-state index in [0.29, 0.717) is 23.1 Å². The van der Waals surface area contributed by atoms with Gasteiger partial charge in [-0.05, 0) is 29.6 Å². The van der Waals surface area contributed by atoms with Crippen molar-refractivity contribution in [2.45, 2.75) is 37.5 Å². The summed E-state index contributed by atoms with van der Waals surface area (Å²) in [5.74, 6) is -6.94. The lowest BCUT2D eigenvalue weighted by Gasteiger charge is -2.29. The number of nitrogens with zero attached hydrogens (tertiary/aromatic N) is 4. The second-order valence-corrected chi connectivity index (χ2v) is 5.72. The monoisotopic (exact) mass is 392 g/mol. The Hall–Kier alpha value is -2.88. The highest BCUT2D eigenvalue weighted by molar-refractivity contribution is 5.97. The van der Waals surface area contributed by atoms with Crippen molar-refractivity contribution in [2.75, 3.05) is 6.61 Å². The van der Waals surface area contributed by atoms with Crippen LogP contribution in [0.4, 0.5) is 26.7 Å². The van der Waals surface area contributed by atoms with Crippen LogP contribution in [0, 0.1) is 11.6 Å². The zero-order valence-corrected chi connectivity index (χ0v) is 13.8. The SMILES string of the molecule is CC[C@H]1COC(=O)N1C(=O)[C@@H](N=[N+]=[N-])[C@@H](c1cc(F)cc(F)c1)C(F)(F)F. The molecular weight excluding hydrogens is 379 g/mol. The van der Waals surface area contributed by atoms with Gasteiger partial charge in [-0.15, -0.1) is 0 Å². The van der Waals surface area contributed by atoms with Crippen molar-refractivity contribution in [2.24, 2.45) is 5.11 Å². The van der Waals surface area contributed by atoms with Gasteiger partial charge in [-0.2, -0.15) is 13.2 Å². The van der Waals surface area contributed by atoms with E-state index in [0.717, 1.165) is 0 Å². The first-order chi connectivity index (χ1) is 12.6. The number of benzene rings is 1. The van der Waals surface area contributed by atoms with Crippen LogP contribution in [0.1, 0.15) is 24.8 Å². The first kappa shape index (κ1) is 20.4. The molecule has 0 aromatic heterocycles. The Bertz CT molecular complexity index is 774. The van der Waals surface area contributed by atoms with Crippen LogP contribution in [0.5, 0.6) is 0 Å². The molecule has 1 aliphatic heterocycles. The van der Waals surface area contributed by atoms with Gasteiger partial charge in [-0.3, -0.25) is 4.79 Å². The van der Waals surface area contributed by atoms with Gasteiger partial charge in [0.1, 0.15) is 24.3 Å². The Labute approximate surface area is 149 Å². The number of rotatable bonds is 5. The zero-order valence-electron chi connectivity index (χ0n) is 13.8. The first-order valence-electron chi connectivity index (χ1n) is 7.66. The fourth-order valence-corrected chi connectivity index (χ4v) is 2.79. The summed E-state index contributed by atoms with van der Waals surface area (Å²) in [5, 5.41) is 2.89. The number of azide groups is 1. The molecular formula is C15H13F5N4O3. The minimum atomic E-state index is -5.21. The molecule has 0 spiro atoms. The number of carbonyl (C=O) groups excluding carboxylic acids is 2. The number of cyclic esters (lactones) is 1. The summed E-state index contributed by atoms with van der Waals surface area (Å²) >= 11 is 0. The van der Waals surface area contributed by atoms with E-state index in [-0.39, 0.29) is 13.0 Å². The van der Waals surface area contributed by atoms with Gasteiger partial charge in [0.15, 0.2) is 0 Å².